The Hall–Kier alpha value is -4.14. The first-order chi connectivity index (χ1) is 20.8. The van der Waals surface area contributed by atoms with E-state index in [1.807, 2.05) is 26.8 Å². The molecule has 8 nitrogen and oxygen atoms in total. The highest BCUT2D eigenvalue weighted by Gasteiger charge is 2.25. The van der Waals surface area contributed by atoms with Crippen molar-refractivity contribution in [3.8, 4) is 0 Å². The number of nitrogens with one attached hydrogen (secondary N) is 2. The molecule has 0 fully saturated rings. The van der Waals surface area contributed by atoms with Gasteiger partial charge in [0.1, 0.15) is 11.6 Å². The van der Waals surface area contributed by atoms with E-state index in [2.05, 4.69) is 10.6 Å². The number of fused-ring (bicyclic) bond motifs is 1. The van der Waals surface area contributed by atoms with E-state index in [0.29, 0.717) is 11.3 Å². The molecule has 4 rings (SSSR count). The van der Waals surface area contributed by atoms with Crippen LogP contribution < -0.4 is 10.6 Å². The Balaban J connectivity index is 1.44. The molecule has 0 radical (unpaired) electrons. The molecule has 0 saturated heterocycles. The van der Waals surface area contributed by atoms with Gasteiger partial charge in [0, 0.05) is 23.7 Å². The Morgan fingerprint density at radius 3 is 2.25 bits per heavy atom. The van der Waals surface area contributed by atoms with Crippen LogP contribution in [0.15, 0.2) is 66.7 Å². The lowest BCUT2D eigenvalue weighted by Crippen LogP contribution is -2.43. The first kappa shape index (κ1) is 32.8. The smallest absolute Gasteiger partial charge is 0.331 e. The predicted molar refractivity (Wildman–Crippen MR) is 171 cm³/mol. The van der Waals surface area contributed by atoms with E-state index in [-0.39, 0.29) is 22.0 Å². The third kappa shape index (κ3) is 8.49. The molecule has 3 aromatic rings. The second kappa shape index (κ2) is 14.1. The quantitative estimate of drug-likeness (QED) is 0.207. The van der Waals surface area contributed by atoms with E-state index in [4.69, 9.17) is 32.7 Å². The van der Waals surface area contributed by atoms with E-state index in [9.17, 15) is 19.2 Å². The van der Waals surface area contributed by atoms with Gasteiger partial charge in [-0.3, -0.25) is 9.59 Å². The number of hydrogen-bond donors (Lipinski definition) is 2. The SMILES string of the molecule is COC(=O)[C@H](Cc1ccc(NC(=O)c2c(Cl)cccc2Cl)cc1)NC(=O)c1ccc2c(c1)CCC/C2=C\C(=O)OC(C)(C)C. The summed E-state index contributed by atoms with van der Waals surface area (Å²) in [6.07, 6.45) is 4.02. The van der Waals surface area contributed by atoms with Crippen molar-refractivity contribution in [1.82, 2.24) is 5.32 Å². The summed E-state index contributed by atoms with van der Waals surface area (Å²) >= 11 is 12.3. The topological polar surface area (TPSA) is 111 Å². The molecular weight excluding hydrogens is 603 g/mol. The average molecular weight is 638 g/mol. The number of methoxy groups -OCH3 is 1. The number of anilines is 1. The zero-order chi connectivity index (χ0) is 32.0. The zero-order valence-electron chi connectivity index (χ0n) is 25.0. The molecule has 2 amide bonds. The Bertz CT molecular complexity index is 1590. The van der Waals surface area contributed by atoms with Crippen LogP contribution >= 0.6 is 23.2 Å². The maximum Gasteiger partial charge on any atom is 0.331 e. The largest absolute Gasteiger partial charge is 0.467 e. The zero-order valence-corrected chi connectivity index (χ0v) is 26.5. The first-order valence-electron chi connectivity index (χ1n) is 14.1. The number of carbonyl (C=O) groups excluding carboxylic acids is 4. The van der Waals surface area contributed by atoms with Crippen LogP contribution in [0.25, 0.3) is 5.57 Å². The number of amides is 2. The monoisotopic (exact) mass is 636 g/mol. The number of hydrogen-bond acceptors (Lipinski definition) is 6. The van der Waals surface area contributed by atoms with Gasteiger partial charge in [-0.1, -0.05) is 47.5 Å². The molecule has 0 unspecified atom stereocenters. The second-order valence-electron chi connectivity index (χ2n) is 11.4. The van der Waals surface area contributed by atoms with Crippen LogP contribution in [0.4, 0.5) is 5.69 Å². The van der Waals surface area contributed by atoms with Crippen LogP contribution in [0.2, 0.25) is 10.0 Å². The summed E-state index contributed by atoms with van der Waals surface area (Å²) in [5.41, 5.74) is 3.94. The second-order valence-corrected chi connectivity index (χ2v) is 12.2. The molecule has 0 saturated carbocycles. The first-order valence-corrected chi connectivity index (χ1v) is 14.9. The molecule has 1 aliphatic rings. The summed E-state index contributed by atoms with van der Waals surface area (Å²) in [6, 6.07) is 16.0. The molecule has 0 heterocycles. The van der Waals surface area contributed by atoms with Crippen LogP contribution in [-0.2, 0) is 31.9 Å². The molecule has 1 aliphatic carbocycles. The lowest BCUT2D eigenvalue weighted by molar-refractivity contribution is -0.148. The van der Waals surface area contributed by atoms with Gasteiger partial charge in [-0.15, -0.1) is 0 Å². The minimum atomic E-state index is -0.950. The Kier molecular flexibility index (Phi) is 10.5. The molecular formula is C34H34Cl2N2O6. The van der Waals surface area contributed by atoms with Crippen molar-refractivity contribution in [3.63, 3.8) is 0 Å². The minimum absolute atomic E-state index is 0.163. The molecule has 3 aromatic carbocycles. The molecule has 1 atom stereocenters. The summed E-state index contributed by atoms with van der Waals surface area (Å²) in [5.74, 6) is -1.87. The molecule has 0 aromatic heterocycles. The Labute approximate surface area is 266 Å². The van der Waals surface area contributed by atoms with Gasteiger partial charge >= 0.3 is 11.9 Å². The van der Waals surface area contributed by atoms with Crippen molar-refractivity contribution in [2.75, 3.05) is 12.4 Å². The number of allylic oxidation sites excluding steroid dienone is 1. The van der Waals surface area contributed by atoms with Gasteiger partial charge in [-0.25, -0.2) is 9.59 Å². The van der Waals surface area contributed by atoms with Crippen LogP contribution in [0.3, 0.4) is 0 Å². The number of aryl methyl sites for hydroxylation is 1. The highest BCUT2D eigenvalue weighted by atomic mass is 35.5. The molecule has 2 N–H and O–H groups in total. The van der Waals surface area contributed by atoms with Crippen LogP contribution in [0.5, 0.6) is 0 Å². The molecule has 10 heteroatoms. The standard InChI is InChI=1S/C34H34Cl2N2O6/c1-34(2,3)44-29(39)19-22-8-5-7-21-18-23(13-16-25(21)22)31(40)38-28(33(42)43-4)17-20-11-14-24(15-12-20)37-32(41)30-26(35)9-6-10-27(30)36/h6,9-16,18-19,28H,5,7-8,17H2,1-4H3,(H,37,41)(H,38,40)/b22-19+/t28-/m0/s1. The summed E-state index contributed by atoms with van der Waals surface area (Å²) in [4.78, 5) is 51.0. The fourth-order valence-electron chi connectivity index (χ4n) is 4.93. The number of carbonyl (C=O) groups is 4. The van der Waals surface area contributed by atoms with E-state index in [1.165, 1.54) is 13.2 Å². The number of halogens is 2. The normalized spacial score (nSPS) is 14.3. The van der Waals surface area contributed by atoms with E-state index in [1.54, 1.807) is 54.6 Å². The van der Waals surface area contributed by atoms with Crippen LogP contribution in [0, 0.1) is 0 Å². The third-order valence-electron chi connectivity index (χ3n) is 6.94. The summed E-state index contributed by atoms with van der Waals surface area (Å²) in [6.45, 7) is 5.46. The summed E-state index contributed by atoms with van der Waals surface area (Å²) < 4.78 is 10.4. The fourth-order valence-corrected chi connectivity index (χ4v) is 5.50. The molecule has 0 bridgehead atoms. The maximum atomic E-state index is 13.3. The maximum absolute atomic E-state index is 13.3. The van der Waals surface area contributed by atoms with Gasteiger partial charge in [0.2, 0.25) is 0 Å². The van der Waals surface area contributed by atoms with Crippen molar-refractivity contribution in [1.29, 1.82) is 0 Å². The summed E-state index contributed by atoms with van der Waals surface area (Å²) in [7, 11) is 1.26. The third-order valence-corrected chi connectivity index (χ3v) is 7.57. The summed E-state index contributed by atoms with van der Waals surface area (Å²) in [5, 5.41) is 6.02. The van der Waals surface area contributed by atoms with Gasteiger partial charge in [-0.2, -0.15) is 0 Å². The number of ether oxygens (including phenoxy) is 2. The lowest BCUT2D eigenvalue weighted by atomic mass is 9.86. The highest BCUT2D eigenvalue weighted by Crippen LogP contribution is 2.32. The van der Waals surface area contributed by atoms with Gasteiger partial charge in [0.25, 0.3) is 11.8 Å². The van der Waals surface area contributed by atoms with Crippen molar-refractivity contribution in [2.45, 2.75) is 58.1 Å². The molecule has 44 heavy (non-hydrogen) atoms. The van der Waals surface area contributed by atoms with Crippen LogP contribution in [0.1, 0.15) is 71.0 Å². The van der Waals surface area contributed by atoms with Crippen molar-refractivity contribution in [2.24, 2.45) is 0 Å². The lowest BCUT2D eigenvalue weighted by Gasteiger charge is -2.22. The number of benzene rings is 3. The van der Waals surface area contributed by atoms with Crippen molar-refractivity contribution >= 4 is 58.2 Å². The van der Waals surface area contributed by atoms with Gasteiger partial charge < -0.3 is 20.1 Å². The number of rotatable bonds is 8. The van der Waals surface area contributed by atoms with E-state index < -0.39 is 35.4 Å². The Morgan fingerprint density at radius 1 is 0.932 bits per heavy atom. The molecule has 0 spiro atoms. The highest BCUT2D eigenvalue weighted by molar-refractivity contribution is 6.40. The van der Waals surface area contributed by atoms with Crippen molar-refractivity contribution < 1.29 is 28.7 Å². The van der Waals surface area contributed by atoms with Crippen molar-refractivity contribution in [3.05, 3.63) is 105 Å². The predicted octanol–water partition coefficient (Wildman–Crippen LogP) is 6.82. The average Bonchev–Trinajstić information content (AvgIpc) is 2.96. The van der Waals surface area contributed by atoms with Crippen LogP contribution in [-0.4, -0.2) is 42.5 Å². The van der Waals surface area contributed by atoms with E-state index >= 15 is 0 Å². The number of esters is 2. The Morgan fingerprint density at radius 2 is 1.61 bits per heavy atom. The molecule has 0 aliphatic heterocycles. The fraction of sp³-hybridized carbons (Fsp3) is 0.294. The van der Waals surface area contributed by atoms with Gasteiger partial charge in [-0.05, 0) is 98.7 Å². The molecule has 230 valence electrons. The minimum Gasteiger partial charge on any atom is -0.467 e. The van der Waals surface area contributed by atoms with Gasteiger partial charge in [0.05, 0.1) is 22.7 Å². The van der Waals surface area contributed by atoms with E-state index in [0.717, 1.165) is 41.5 Å². The van der Waals surface area contributed by atoms with Gasteiger partial charge in [0.15, 0.2) is 0 Å².